The number of nitrogens with zero attached hydrogens (tertiary/aromatic N) is 2. The van der Waals surface area contributed by atoms with Crippen LogP contribution in [0.5, 0.6) is 0 Å². The number of morpholine rings is 1. The Kier molecular flexibility index (Phi) is 4.19. The Bertz CT molecular complexity index is 794. The molecule has 4 heterocycles. The lowest BCUT2D eigenvalue weighted by Crippen LogP contribution is -2.37. The van der Waals surface area contributed by atoms with Gasteiger partial charge in [-0.2, -0.15) is 0 Å². The van der Waals surface area contributed by atoms with Crippen LogP contribution in [0.4, 0.5) is 0 Å². The fraction of sp³-hybridized carbons (Fsp3) is 0.316. The molecule has 0 bridgehead atoms. The first-order chi connectivity index (χ1) is 11.8. The van der Waals surface area contributed by atoms with Crippen molar-refractivity contribution in [2.75, 3.05) is 19.7 Å². The molecule has 5 heteroatoms. The normalized spacial score (nSPS) is 18.8. The Balaban J connectivity index is 1.43. The van der Waals surface area contributed by atoms with E-state index in [0.717, 1.165) is 48.2 Å². The van der Waals surface area contributed by atoms with Crippen molar-refractivity contribution in [3.8, 4) is 11.3 Å². The fourth-order valence-electron chi connectivity index (χ4n) is 2.99. The van der Waals surface area contributed by atoms with Crippen LogP contribution in [0.2, 0.25) is 0 Å². The molecule has 0 spiro atoms. The predicted molar refractivity (Wildman–Crippen MR) is 89.4 cm³/mol. The Morgan fingerprint density at radius 3 is 2.92 bits per heavy atom. The third kappa shape index (κ3) is 3.27. The molecule has 1 aliphatic heterocycles. The molecule has 124 valence electrons. The summed E-state index contributed by atoms with van der Waals surface area (Å²) in [7, 11) is 0. The van der Waals surface area contributed by atoms with Gasteiger partial charge in [0.1, 0.15) is 29.1 Å². The van der Waals surface area contributed by atoms with Crippen molar-refractivity contribution < 1.29 is 13.6 Å². The van der Waals surface area contributed by atoms with Crippen molar-refractivity contribution in [3.63, 3.8) is 0 Å². The summed E-state index contributed by atoms with van der Waals surface area (Å²) >= 11 is 0. The zero-order valence-electron chi connectivity index (χ0n) is 13.6. The molecule has 1 saturated heterocycles. The maximum atomic E-state index is 5.97. The van der Waals surface area contributed by atoms with Gasteiger partial charge in [-0.15, -0.1) is 0 Å². The van der Waals surface area contributed by atoms with Crippen LogP contribution in [0, 0.1) is 6.92 Å². The lowest BCUT2D eigenvalue weighted by Gasteiger charge is -2.31. The summed E-state index contributed by atoms with van der Waals surface area (Å²) in [6.45, 7) is 5.10. The van der Waals surface area contributed by atoms with E-state index < -0.39 is 0 Å². The van der Waals surface area contributed by atoms with Gasteiger partial charge < -0.3 is 13.6 Å². The van der Waals surface area contributed by atoms with E-state index in [2.05, 4.69) is 9.88 Å². The summed E-state index contributed by atoms with van der Waals surface area (Å²) in [5.41, 5.74) is 0.995. The Morgan fingerprint density at radius 2 is 2.12 bits per heavy atom. The van der Waals surface area contributed by atoms with Gasteiger partial charge in [0, 0.05) is 31.0 Å². The highest BCUT2D eigenvalue weighted by Crippen LogP contribution is 2.26. The first-order valence-corrected chi connectivity index (χ1v) is 8.17. The Labute approximate surface area is 140 Å². The first-order valence-electron chi connectivity index (χ1n) is 8.17. The molecular weight excluding hydrogens is 304 g/mol. The van der Waals surface area contributed by atoms with Gasteiger partial charge in [0.05, 0.1) is 13.2 Å². The molecule has 0 amide bonds. The lowest BCUT2D eigenvalue weighted by molar-refractivity contribution is -0.0446. The number of rotatable bonds is 4. The minimum absolute atomic E-state index is 0.0137. The van der Waals surface area contributed by atoms with Crippen molar-refractivity contribution in [1.82, 2.24) is 9.88 Å². The SMILES string of the molecule is Cc1ccc([C@H]2CN(Cc3ccc(-c4cccnc4)o3)CCO2)o1. The summed E-state index contributed by atoms with van der Waals surface area (Å²) in [5, 5.41) is 0. The second-order valence-electron chi connectivity index (χ2n) is 6.05. The number of aryl methyl sites for hydroxylation is 1. The van der Waals surface area contributed by atoms with E-state index in [4.69, 9.17) is 13.6 Å². The fourth-order valence-corrected chi connectivity index (χ4v) is 2.99. The van der Waals surface area contributed by atoms with Crippen molar-refractivity contribution in [1.29, 1.82) is 0 Å². The average molecular weight is 324 g/mol. The zero-order valence-corrected chi connectivity index (χ0v) is 13.6. The summed E-state index contributed by atoms with van der Waals surface area (Å²) in [5.74, 6) is 3.61. The number of pyridine rings is 1. The summed E-state index contributed by atoms with van der Waals surface area (Å²) in [6, 6.07) is 11.9. The Morgan fingerprint density at radius 1 is 1.17 bits per heavy atom. The summed E-state index contributed by atoms with van der Waals surface area (Å²) < 4.78 is 17.5. The molecule has 0 N–H and O–H groups in total. The second kappa shape index (κ2) is 6.63. The summed E-state index contributed by atoms with van der Waals surface area (Å²) in [6.07, 6.45) is 3.56. The van der Waals surface area contributed by atoms with Crippen molar-refractivity contribution in [3.05, 3.63) is 66.1 Å². The minimum Gasteiger partial charge on any atom is -0.464 e. The third-order valence-electron chi connectivity index (χ3n) is 4.22. The van der Waals surface area contributed by atoms with Gasteiger partial charge in [0.15, 0.2) is 0 Å². The molecule has 0 aliphatic carbocycles. The van der Waals surface area contributed by atoms with Gasteiger partial charge in [-0.3, -0.25) is 9.88 Å². The molecule has 1 fully saturated rings. The molecule has 1 atom stereocenters. The van der Waals surface area contributed by atoms with Crippen LogP contribution in [0.15, 0.2) is 57.6 Å². The van der Waals surface area contributed by atoms with E-state index in [-0.39, 0.29) is 6.10 Å². The van der Waals surface area contributed by atoms with E-state index >= 15 is 0 Å². The molecule has 0 radical (unpaired) electrons. The molecular formula is C19H20N2O3. The number of hydrogen-bond donors (Lipinski definition) is 0. The van der Waals surface area contributed by atoms with Crippen LogP contribution in [-0.2, 0) is 11.3 Å². The van der Waals surface area contributed by atoms with Gasteiger partial charge in [0.25, 0.3) is 0 Å². The van der Waals surface area contributed by atoms with Crippen LogP contribution in [0.3, 0.4) is 0 Å². The van der Waals surface area contributed by atoms with Crippen molar-refractivity contribution in [2.45, 2.75) is 19.6 Å². The van der Waals surface area contributed by atoms with Crippen LogP contribution in [0.25, 0.3) is 11.3 Å². The zero-order chi connectivity index (χ0) is 16.4. The quantitative estimate of drug-likeness (QED) is 0.730. The smallest absolute Gasteiger partial charge is 0.135 e. The van der Waals surface area contributed by atoms with E-state index in [0.29, 0.717) is 6.61 Å². The van der Waals surface area contributed by atoms with E-state index in [1.54, 1.807) is 6.20 Å². The van der Waals surface area contributed by atoms with Crippen molar-refractivity contribution in [2.24, 2.45) is 0 Å². The van der Waals surface area contributed by atoms with Gasteiger partial charge in [-0.25, -0.2) is 0 Å². The number of aromatic nitrogens is 1. The average Bonchev–Trinajstić information content (AvgIpc) is 3.25. The lowest BCUT2D eigenvalue weighted by atomic mass is 10.2. The molecule has 0 unspecified atom stereocenters. The molecule has 1 aliphatic rings. The maximum Gasteiger partial charge on any atom is 0.135 e. The second-order valence-corrected chi connectivity index (χ2v) is 6.05. The van der Waals surface area contributed by atoms with Crippen molar-refractivity contribution >= 4 is 0 Å². The molecule has 0 saturated carbocycles. The Hall–Kier alpha value is -2.37. The molecule has 24 heavy (non-hydrogen) atoms. The minimum atomic E-state index is -0.0137. The van der Waals surface area contributed by atoms with Gasteiger partial charge in [-0.1, -0.05) is 0 Å². The molecule has 0 aromatic carbocycles. The molecule has 3 aromatic heterocycles. The topological polar surface area (TPSA) is 51.6 Å². The molecule has 4 rings (SSSR count). The monoisotopic (exact) mass is 324 g/mol. The van der Waals surface area contributed by atoms with E-state index in [1.165, 1.54) is 0 Å². The van der Waals surface area contributed by atoms with Gasteiger partial charge in [0.2, 0.25) is 0 Å². The van der Waals surface area contributed by atoms with Gasteiger partial charge in [-0.05, 0) is 43.3 Å². The highest BCUT2D eigenvalue weighted by Gasteiger charge is 2.25. The summed E-state index contributed by atoms with van der Waals surface area (Å²) in [4.78, 5) is 6.47. The third-order valence-corrected chi connectivity index (χ3v) is 4.22. The van der Waals surface area contributed by atoms with Crippen LogP contribution >= 0.6 is 0 Å². The highest BCUT2D eigenvalue weighted by atomic mass is 16.5. The van der Waals surface area contributed by atoms with E-state index in [1.807, 2.05) is 49.5 Å². The largest absolute Gasteiger partial charge is 0.464 e. The van der Waals surface area contributed by atoms with Crippen LogP contribution in [0.1, 0.15) is 23.4 Å². The van der Waals surface area contributed by atoms with E-state index in [9.17, 15) is 0 Å². The number of ether oxygens (including phenoxy) is 1. The highest BCUT2D eigenvalue weighted by molar-refractivity contribution is 5.55. The number of furan rings is 2. The predicted octanol–water partition coefficient (Wildman–Crippen LogP) is 3.82. The van der Waals surface area contributed by atoms with Gasteiger partial charge >= 0.3 is 0 Å². The first kappa shape index (κ1) is 15.2. The maximum absolute atomic E-state index is 5.97. The molecule has 5 nitrogen and oxygen atoms in total. The molecule has 3 aromatic rings. The van der Waals surface area contributed by atoms with Crippen LogP contribution < -0.4 is 0 Å². The van der Waals surface area contributed by atoms with Crippen LogP contribution in [-0.4, -0.2) is 29.6 Å². The number of hydrogen-bond acceptors (Lipinski definition) is 5. The standard InChI is InChI=1S/C19H20N2O3/c1-14-4-6-18(23-14)19-13-21(9-10-22-19)12-16-5-7-17(24-16)15-3-2-8-20-11-15/h2-8,11,19H,9-10,12-13H2,1H3/t19-/m1/s1.